The maximum absolute atomic E-state index is 12.3. The second kappa shape index (κ2) is 7.44. The number of benzene rings is 1. The summed E-state index contributed by atoms with van der Waals surface area (Å²) in [5.41, 5.74) is 1.55. The Morgan fingerprint density at radius 2 is 1.91 bits per heavy atom. The molecule has 124 valence electrons. The maximum Gasteiger partial charge on any atom is 0.261 e. The Morgan fingerprint density at radius 1 is 1.17 bits per heavy atom. The van der Waals surface area contributed by atoms with Crippen LogP contribution in [0.4, 0.5) is 0 Å². The Bertz CT molecular complexity index is 816. The molecule has 2 rings (SSSR count). The molecule has 1 aromatic carbocycles. The zero-order chi connectivity index (χ0) is 17.0. The summed E-state index contributed by atoms with van der Waals surface area (Å²) in [4.78, 5) is 12.6. The van der Waals surface area contributed by atoms with E-state index in [1.165, 1.54) is 11.3 Å². The van der Waals surface area contributed by atoms with Gasteiger partial charge in [-0.3, -0.25) is 4.79 Å². The van der Waals surface area contributed by atoms with Crippen molar-refractivity contribution in [3.63, 3.8) is 0 Å². The first-order valence-electron chi connectivity index (χ1n) is 6.90. The molecule has 2 N–H and O–H groups in total. The molecule has 0 aliphatic heterocycles. The molecule has 1 amide bonds. The highest BCUT2D eigenvalue weighted by Gasteiger charge is 2.16. The third-order valence-corrected chi connectivity index (χ3v) is 5.97. The number of rotatable bonds is 6. The van der Waals surface area contributed by atoms with Gasteiger partial charge in [0.1, 0.15) is 0 Å². The molecule has 8 heteroatoms. The van der Waals surface area contributed by atoms with Gasteiger partial charge in [0, 0.05) is 13.1 Å². The number of amides is 1. The van der Waals surface area contributed by atoms with Crippen molar-refractivity contribution in [2.75, 3.05) is 13.1 Å². The van der Waals surface area contributed by atoms with Crippen LogP contribution in [-0.2, 0) is 10.0 Å². The molecule has 0 aliphatic rings. The summed E-state index contributed by atoms with van der Waals surface area (Å²) >= 11 is 6.94. The van der Waals surface area contributed by atoms with Crippen LogP contribution in [0.5, 0.6) is 0 Å². The SMILES string of the molecule is Cc1ccc(C)c(S(=O)(=O)NCCNC(=O)c2ccc(Cl)s2)c1. The summed E-state index contributed by atoms with van der Waals surface area (Å²) in [6.07, 6.45) is 0. The van der Waals surface area contributed by atoms with Gasteiger partial charge in [-0.25, -0.2) is 13.1 Å². The highest BCUT2D eigenvalue weighted by atomic mass is 35.5. The van der Waals surface area contributed by atoms with Gasteiger partial charge < -0.3 is 5.32 Å². The van der Waals surface area contributed by atoms with Gasteiger partial charge >= 0.3 is 0 Å². The van der Waals surface area contributed by atoms with Gasteiger partial charge in [0.05, 0.1) is 14.1 Å². The fourth-order valence-corrected chi connectivity index (χ4v) is 4.28. The molecule has 0 radical (unpaired) electrons. The molecule has 0 unspecified atom stereocenters. The van der Waals surface area contributed by atoms with E-state index in [1.54, 1.807) is 31.2 Å². The Hall–Kier alpha value is -1.41. The summed E-state index contributed by atoms with van der Waals surface area (Å²) in [7, 11) is -3.59. The zero-order valence-corrected chi connectivity index (χ0v) is 15.1. The highest BCUT2D eigenvalue weighted by molar-refractivity contribution is 7.89. The van der Waals surface area contributed by atoms with Crippen molar-refractivity contribution >= 4 is 38.9 Å². The number of hydrogen-bond donors (Lipinski definition) is 2. The summed E-state index contributed by atoms with van der Waals surface area (Å²) in [5.74, 6) is -0.271. The molecule has 1 aromatic heterocycles. The van der Waals surface area contributed by atoms with Gasteiger partial charge in [-0.15, -0.1) is 11.3 Å². The highest BCUT2D eigenvalue weighted by Crippen LogP contribution is 2.21. The number of aryl methyl sites for hydroxylation is 2. The number of nitrogens with one attached hydrogen (secondary N) is 2. The van der Waals surface area contributed by atoms with Crippen LogP contribution in [-0.4, -0.2) is 27.4 Å². The van der Waals surface area contributed by atoms with E-state index < -0.39 is 10.0 Å². The summed E-state index contributed by atoms with van der Waals surface area (Å²) in [6, 6.07) is 8.53. The van der Waals surface area contributed by atoms with Crippen LogP contribution in [0.3, 0.4) is 0 Å². The van der Waals surface area contributed by atoms with E-state index in [-0.39, 0.29) is 23.9 Å². The van der Waals surface area contributed by atoms with Crippen molar-refractivity contribution < 1.29 is 13.2 Å². The second-order valence-corrected chi connectivity index (χ2v) is 8.48. The van der Waals surface area contributed by atoms with E-state index in [0.29, 0.717) is 14.8 Å². The molecule has 1 heterocycles. The monoisotopic (exact) mass is 372 g/mol. The maximum atomic E-state index is 12.3. The fraction of sp³-hybridized carbons (Fsp3) is 0.267. The van der Waals surface area contributed by atoms with Crippen LogP contribution < -0.4 is 10.0 Å². The van der Waals surface area contributed by atoms with Crippen LogP contribution in [0.15, 0.2) is 35.2 Å². The third-order valence-electron chi connectivity index (χ3n) is 3.13. The normalized spacial score (nSPS) is 11.4. The van der Waals surface area contributed by atoms with Crippen molar-refractivity contribution in [1.82, 2.24) is 10.0 Å². The number of carbonyl (C=O) groups is 1. The first-order chi connectivity index (χ1) is 10.8. The molecule has 0 spiro atoms. The lowest BCUT2D eigenvalue weighted by Crippen LogP contribution is -2.34. The molecule has 2 aromatic rings. The van der Waals surface area contributed by atoms with E-state index in [0.717, 1.165) is 5.56 Å². The van der Waals surface area contributed by atoms with Gasteiger partial charge in [-0.05, 0) is 43.2 Å². The number of carbonyl (C=O) groups excluding carboxylic acids is 1. The minimum atomic E-state index is -3.59. The lowest BCUT2D eigenvalue weighted by Gasteiger charge is -2.10. The number of sulfonamides is 1. The lowest BCUT2D eigenvalue weighted by atomic mass is 10.2. The minimum Gasteiger partial charge on any atom is -0.350 e. The van der Waals surface area contributed by atoms with E-state index in [2.05, 4.69) is 10.0 Å². The second-order valence-electron chi connectivity index (χ2n) is 5.03. The molecular formula is C15H17ClN2O3S2. The quantitative estimate of drug-likeness (QED) is 0.765. The molecule has 0 fully saturated rings. The Morgan fingerprint density at radius 3 is 2.57 bits per heavy atom. The van der Waals surface area contributed by atoms with E-state index >= 15 is 0 Å². The number of hydrogen-bond acceptors (Lipinski definition) is 4. The Kier molecular flexibility index (Phi) is 5.80. The van der Waals surface area contributed by atoms with Crippen molar-refractivity contribution in [2.24, 2.45) is 0 Å². The molecule has 23 heavy (non-hydrogen) atoms. The van der Waals surface area contributed by atoms with Gasteiger partial charge in [0.2, 0.25) is 10.0 Å². The molecular weight excluding hydrogens is 356 g/mol. The molecule has 0 aliphatic carbocycles. The van der Waals surface area contributed by atoms with Crippen LogP contribution in [0.2, 0.25) is 4.34 Å². The van der Waals surface area contributed by atoms with E-state index in [4.69, 9.17) is 11.6 Å². The van der Waals surface area contributed by atoms with Crippen molar-refractivity contribution in [1.29, 1.82) is 0 Å². The minimum absolute atomic E-state index is 0.112. The van der Waals surface area contributed by atoms with Crippen molar-refractivity contribution in [2.45, 2.75) is 18.7 Å². The van der Waals surface area contributed by atoms with Crippen LogP contribution in [0.1, 0.15) is 20.8 Å². The Balaban J connectivity index is 1.90. The molecule has 0 atom stereocenters. The van der Waals surface area contributed by atoms with Gasteiger partial charge in [-0.2, -0.15) is 0 Å². The van der Waals surface area contributed by atoms with E-state index in [9.17, 15) is 13.2 Å². The van der Waals surface area contributed by atoms with Crippen LogP contribution in [0, 0.1) is 13.8 Å². The summed E-state index contributed by atoms with van der Waals surface area (Å²) in [6.45, 7) is 3.89. The number of thiophene rings is 1. The molecule has 0 saturated carbocycles. The van der Waals surface area contributed by atoms with Gasteiger partial charge in [0.15, 0.2) is 0 Å². The first-order valence-corrected chi connectivity index (χ1v) is 9.58. The first kappa shape index (κ1) is 17.9. The molecule has 0 saturated heterocycles. The average molecular weight is 373 g/mol. The van der Waals surface area contributed by atoms with Crippen LogP contribution in [0.25, 0.3) is 0 Å². The van der Waals surface area contributed by atoms with E-state index in [1.807, 2.05) is 13.0 Å². The number of halogens is 1. The topological polar surface area (TPSA) is 75.3 Å². The zero-order valence-electron chi connectivity index (χ0n) is 12.7. The average Bonchev–Trinajstić information content (AvgIpc) is 2.92. The van der Waals surface area contributed by atoms with Crippen LogP contribution >= 0.6 is 22.9 Å². The molecule has 5 nitrogen and oxygen atoms in total. The third kappa shape index (κ3) is 4.78. The fourth-order valence-electron chi connectivity index (χ4n) is 1.96. The smallest absolute Gasteiger partial charge is 0.261 e. The predicted octanol–water partition coefficient (Wildman–Crippen LogP) is 2.73. The predicted molar refractivity (Wildman–Crippen MR) is 92.8 cm³/mol. The van der Waals surface area contributed by atoms with Crippen molar-refractivity contribution in [3.05, 3.63) is 50.7 Å². The summed E-state index contributed by atoms with van der Waals surface area (Å²) < 4.78 is 27.6. The van der Waals surface area contributed by atoms with Crippen molar-refractivity contribution in [3.8, 4) is 0 Å². The largest absolute Gasteiger partial charge is 0.350 e. The van der Waals surface area contributed by atoms with Gasteiger partial charge in [-0.1, -0.05) is 23.7 Å². The summed E-state index contributed by atoms with van der Waals surface area (Å²) in [5, 5.41) is 2.65. The lowest BCUT2D eigenvalue weighted by molar-refractivity contribution is 0.0958. The van der Waals surface area contributed by atoms with Gasteiger partial charge in [0.25, 0.3) is 5.91 Å². The Labute approximate surface area is 144 Å². The molecule has 0 bridgehead atoms. The standard InChI is InChI=1S/C15H17ClN2O3S2/c1-10-3-4-11(2)13(9-10)23(20,21)18-8-7-17-15(19)12-5-6-14(16)22-12/h3-6,9,18H,7-8H2,1-2H3,(H,17,19).